The molecule has 1 N–H and O–H groups in total. The van der Waals surface area contributed by atoms with Crippen LogP contribution in [-0.4, -0.2) is 54.8 Å². The summed E-state index contributed by atoms with van der Waals surface area (Å²) in [5, 5.41) is 10.6. The third-order valence-corrected chi connectivity index (χ3v) is 8.67. The van der Waals surface area contributed by atoms with Gasteiger partial charge in [0.15, 0.2) is 0 Å². The maximum absolute atomic E-state index is 14.0. The minimum atomic E-state index is -4.17. The quantitative estimate of drug-likeness (QED) is 0.715. The molecule has 2 heterocycles. The second-order valence-corrected chi connectivity index (χ2v) is 10.7. The van der Waals surface area contributed by atoms with E-state index in [9.17, 15) is 27.1 Å². The molecule has 2 saturated heterocycles. The number of carbonyl (C=O) groups excluding carboxylic acids is 1. The van der Waals surface area contributed by atoms with Crippen molar-refractivity contribution in [2.24, 2.45) is 11.8 Å². The second kappa shape index (κ2) is 9.87. The molecule has 4 rings (SSSR count). The zero-order valence-electron chi connectivity index (χ0n) is 18.2. The van der Waals surface area contributed by atoms with Crippen molar-refractivity contribution in [3.8, 4) is 0 Å². The van der Waals surface area contributed by atoms with Gasteiger partial charge in [-0.1, -0.05) is 30.3 Å². The van der Waals surface area contributed by atoms with Crippen LogP contribution in [0.3, 0.4) is 0 Å². The predicted molar refractivity (Wildman–Crippen MR) is 119 cm³/mol. The number of aliphatic hydroxyl groups excluding tert-OH is 1. The number of sulfonamides is 1. The molecule has 2 fully saturated rings. The predicted octanol–water partition coefficient (Wildman–Crippen LogP) is 3.34. The van der Waals surface area contributed by atoms with E-state index in [2.05, 4.69) is 0 Å². The Labute approximate surface area is 192 Å². The van der Waals surface area contributed by atoms with Gasteiger partial charge in [-0.05, 0) is 55.4 Å². The topological polar surface area (TPSA) is 77.9 Å². The molecule has 0 bridgehead atoms. The van der Waals surface area contributed by atoms with Gasteiger partial charge in [0.2, 0.25) is 15.9 Å². The molecule has 2 aromatic carbocycles. The first kappa shape index (κ1) is 23.8. The van der Waals surface area contributed by atoms with Gasteiger partial charge in [0.05, 0.1) is 6.10 Å². The monoisotopic (exact) mass is 478 g/mol. The lowest BCUT2D eigenvalue weighted by molar-refractivity contribution is -0.138. The van der Waals surface area contributed by atoms with Crippen LogP contribution in [0.5, 0.6) is 0 Å². The maximum Gasteiger partial charge on any atom is 0.246 e. The number of piperidine rings is 2. The van der Waals surface area contributed by atoms with Crippen LogP contribution in [0, 0.1) is 23.5 Å². The zero-order chi connectivity index (χ0) is 23.6. The van der Waals surface area contributed by atoms with Crippen molar-refractivity contribution < 1.29 is 27.1 Å². The van der Waals surface area contributed by atoms with Crippen LogP contribution in [0.15, 0.2) is 53.4 Å². The summed E-state index contributed by atoms with van der Waals surface area (Å²) in [6, 6.07) is 11.9. The number of hydrogen-bond acceptors (Lipinski definition) is 4. The first-order chi connectivity index (χ1) is 15.8. The summed E-state index contributed by atoms with van der Waals surface area (Å²) in [5.74, 6) is -2.03. The van der Waals surface area contributed by atoms with E-state index in [4.69, 9.17) is 0 Å². The van der Waals surface area contributed by atoms with Gasteiger partial charge in [0, 0.05) is 32.1 Å². The Balaban J connectivity index is 1.31. The van der Waals surface area contributed by atoms with Crippen molar-refractivity contribution in [1.29, 1.82) is 0 Å². The molecule has 6 nitrogen and oxygen atoms in total. The number of rotatable bonds is 5. The van der Waals surface area contributed by atoms with Crippen LogP contribution < -0.4 is 0 Å². The molecular weight excluding hydrogens is 450 g/mol. The molecule has 2 aliphatic rings. The molecule has 0 radical (unpaired) electrons. The van der Waals surface area contributed by atoms with Gasteiger partial charge in [-0.3, -0.25) is 4.79 Å². The lowest BCUT2D eigenvalue weighted by Crippen LogP contribution is -2.47. The molecule has 1 atom stereocenters. The standard InChI is InChI=1S/C24H28F2N2O4S/c25-20-6-7-21(26)22(16-20)33(31,32)28-14-10-19(11-15-28)24(30)27-12-8-18(9-13-27)23(29)17-4-2-1-3-5-17/h1-7,16,18-19,23,29H,8-15H2. The summed E-state index contributed by atoms with van der Waals surface area (Å²) in [7, 11) is -4.17. The number of amides is 1. The summed E-state index contributed by atoms with van der Waals surface area (Å²) in [6.07, 6.45) is 1.52. The Morgan fingerprint density at radius 3 is 2.21 bits per heavy atom. The third-order valence-electron chi connectivity index (χ3n) is 6.75. The Bertz CT molecular complexity index is 1080. The highest BCUT2D eigenvalue weighted by atomic mass is 32.2. The zero-order valence-corrected chi connectivity index (χ0v) is 19.1. The minimum absolute atomic E-state index is 0.00312. The second-order valence-electron chi connectivity index (χ2n) is 8.77. The lowest BCUT2D eigenvalue weighted by Gasteiger charge is -2.38. The van der Waals surface area contributed by atoms with E-state index in [-0.39, 0.29) is 30.8 Å². The van der Waals surface area contributed by atoms with E-state index in [1.54, 1.807) is 4.90 Å². The largest absolute Gasteiger partial charge is 0.388 e. The van der Waals surface area contributed by atoms with Crippen LogP contribution in [0.1, 0.15) is 37.4 Å². The highest BCUT2D eigenvalue weighted by molar-refractivity contribution is 7.89. The van der Waals surface area contributed by atoms with E-state index in [1.165, 1.54) is 0 Å². The first-order valence-electron chi connectivity index (χ1n) is 11.2. The van der Waals surface area contributed by atoms with Gasteiger partial charge in [-0.2, -0.15) is 4.31 Å². The third kappa shape index (κ3) is 5.10. The van der Waals surface area contributed by atoms with Crippen LogP contribution >= 0.6 is 0 Å². The first-order valence-corrected chi connectivity index (χ1v) is 12.7. The van der Waals surface area contributed by atoms with Crippen molar-refractivity contribution in [2.45, 2.75) is 36.7 Å². The Morgan fingerprint density at radius 2 is 1.58 bits per heavy atom. The van der Waals surface area contributed by atoms with Crippen molar-refractivity contribution in [3.05, 3.63) is 65.7 Å². The van der Waals surface area contributed by atoms with Crippen molar-refractivity contribution in [3.63, 3.8) is 0 Å². The highest BCUT2D eigenvalue weighted by Gasteiger charge is 2.36. The summed E-state index contributed by atoms with van der Waals surface area (Å²) in [6.45, 7) is 1.27. The SMILES string of the molecule is O=C(C1CCN(S(=O)(=O)c2cc(F)ccc2F)CC1)N1CCC(C(O)c2ccccc2)CC1. The molecule has 0 spiro atoms. The van der Waals surface area contributed by atoms with E-state index < -0.39 is 32.7 Å². The molecule has 2 aliphatic heterocycles. The average molecular weight is 479 g/mol. The molecule has 33 heavy (non-hydrogen) atoms. The highest BCUT2D eigenvalue weighted by Crippen LogP contribution is 2.32. The van der Waals surface area contributed by atoms with E-state index >= 15 is 0 Å². The number of aliphatic hydroxyl groups is 1. The number of benzene rings is 2. The summed E-state index contributed by atoms with van der Waals surface area (Å²) < 4.78 is 54.1. The van der Waals surface area contributed by atoms with Gasteiger partial charge in [-0.25, -0.2) is 17.2 Å². The van der Waals surface area contributed by atoms with Crippen LogP contribution in [0.25, 0.3) is 0 Å². The molecule has 1 unspecified atom stereocenters. The Morgan fingerprint density at radius 1 is 0.939 bits per heavy atom. The Kier molecular flexibility index (Phi) is 7.11. The number of hydrogen-bond donors (Lipinski definition) is 1. The van der Waals surface area contributed by atoms with E-state index in [1.807, 2.05) is 30.3 Å². The molecule has 1 amide bonds. The number of carbonyl (C=O) groups is 1. The summed E-state index contributed by atoms with van der Waals surface area (Å²) >= 11 is 0. The van der Waals surface area contributed by atoms with Crippen molar-refractivity contribution in [1.82, 2.24) is 9.21 Å². The fourth-order valence-corrected chi connectivity index (χ4v) is 6.32. The number of halogens is 2. The van der Waals surface area contributed by atoms with Gasteiger partial charge in [0.1, 0.15) is 16.5 Å². The molecule has 9 heteroatoms. The Hall–Kier alpha value is -2.36. The minimum Gasteiger partial charge on any atom is -0.388 e. The van der Waals surface area contributed by atoms with Gasteiger partial charge >= 0.3 is 0 Å². The van der Waals surface area contributed by atoms with E-state index in [0.29, 0.717) is 44.8 Å². The normalized spacial score (nSPS) is 20.0. The molecule has 0 aromatic heterocycles. The fraction of sp³-hybridized carbons (Fsp3) is 0.458. The number of nitrogens with zero attached hydrogens (tertiary/aromatic N) is 2. The molecule has 178 valence electrons. The van der Waals surface area contributed by atoms with Crippen LogP contribution in [-0.2, 0) is 14.8 Å². The van der Waals surface area contributed by atoms with Crippen molar-refractivity contribution >= 4 is 15.9 Å². The fourth-order valence-electron chi connectivity index (χ4n) is 4.77. The van der Waals surface area contributed by atoms with Crippen LogP contribution in [0.2, 0.25) is 0 Å². The summed E-state index contributed by atoms with van der Waals surface area (Å²) in [4.78, 5) is 14.1. The number of likely N-dealkylation sites (tertiary alicyclic amines) is 1. The molecule has 0 saturated carbocycles. The van der Waals surface area contributed by atoms with Crippen LogP contribution in [0.4, 0.5) is 8.78 Å². The molecule has 2 aromatic rings. The van der Waals surface area contributed by atoms with Gasteiger partial charge in [-0.15, -0.1) is 0 Å². The molecule has 0 aliphatic carbocycles. The molecular formula is C24H28F2N2O4S. The van der Waals surface area contributed by atoms with E-state index in [0.717, 1.165) is 22.0 Å². The van der Waals surface area contributed by atoms with Crippen molar-refractivity contribution in [2.75, 3.05) is 26.2 Å². The maximum atomic E-state index is 14.0. The average Bonchev–Trinajstić information content (AvgIpc) is 2.85. The smallest absolute Gasteiger partial charge is 0.246 e. The van der Waals surface area contributed by atoms with Gasteiger partial charge < -0.3 is 10.0 Å². The summed E-state index contributed by atoms with van der Waals surface area (Å²) in [5.41, 5.74) is 0.880. The lowest BCUT2D eigenvalue weighted by atomic mass is 9.86. The van der Waals surface area contributed by atoms with Gasteiger partial charge in [0.25, 0.3) is 0 Å².